The smallest absolute Gasteiger partial charge is 0.410 e. The molecule has 0 spiro atoms. The van der Waals surface area contributed by atoms with E-state index in [9.17, 15) is 4.79 Å². The van der Waals surface area contributed by atoms with Crippen molar-refractivity contribution in [3.63, 3.8) is 0 Å². The van der Waals surface area contributed by atoms with Crippen LogP contribution in [0.4, 0.5) is 10.6 Å². The van der Waals surface area contributed by atoms with E-state index in [2.05, 4.69) is 21.8 Å². The molecule has 1 aliphatic heterocycles. The number of nitrogens with zero attached hydrogens (tertiary/aromatic N) is 4. The average molecular weight is 405 g/mol. The van der Waals surface area contributed by atoms with E-state index in [1.807, 2.05) is 49.9 Å². The van der Waals surface area contributed by atoms with Crippen LogP contribution in [-0.4, -0.2) is 52.2 Å². The highest BCUT2D eigenvalue weighted by Crippen LogP contribution is 2.29. The number of para-hydroxylation sites is 1. The number of carbonyl (C=O) groups is 1. The lowest BCUT2D eigenvalue weighted by molar-refractivity contribution is 0.0175. The Morgan fingerprint density at radius 3 is 2.79 bits per heavy atom. The number of benzene rings is 1. The molecule has 1 atom stereocenters. The fourth-order valence-corrected chi connectivity index (χ4v) is 3.70. The second-order valence-electron chi connectivity index (χ2n) is 8.25. The van der Waals surface area contributed by atoms with Crippen LogP contribution in [0.3, 0.4) is 0 Å². The van der Waals surface area contributed by atoms with Gasteiger partial charge in [0.05, 0.1) is 11.6 Å². The van der Waals surface area contributed by atoms with E-state index in [1.165, 1.54) is 0 Å². The van der Waals surface area contributed by atoms with Crippen molar-refractivity contribution in [3.05, 3.63) is 29.5 Å². The topological polar surface area (TPSA) is 58.6 Å². The minimum absolute atomic E-state index is 0.0916. The Kier molecular flexibility index (Phi) is 6.28. The molecule has 2 aromatic rings. The molecule has 0 N–H and O–H groups in total. The Hall–Kier alpha value is -2.08. The van der Waals surface area contributed by atoms with Gasteiger partial charge in [0.15, 0.2) is 0 Å². The first-order valence-corrected chi connectivity index (χ1v) is 10.3. The maximum Gasteiger partial charge on any atom is 0.410 e. The van der Waals surface area contributed by atoms with E-state index in [-0.39, 0.29) is 17.4 Å². The molecule has 1 aliphatic rings. The summed E-state index contributed by atoms with van der Waals surface area (Å²) in [6.45, 7) is 10.1. The molecule has 0 bridgehead atoms. The van der Waals surface area contributed by atoms with Crippen molar-refractivity contribution in [1.29, 1.82) is 0 Å². The largest absolute Gasteiger partial charge is 0.444 e. The number of unbranched alkanes of at least 4 members (excludes halogenated alkanes) is 1. The molecule has 1 fully saturated rings. The van der Waals surface area contributed by atoms with Crippen molar-refractivity contribution >= 4 is 34.4 Å². The maximum absolute atomic E-state index is 12.8. The van der Waals surface area contributed by atoms with Gasteiger partial charge in [-0.2, -0.15) is 4.98 Å². The van der Waals surface area contributed by atoms with Gasteiger partial charge in [0.2, 0.25) is 5.28 Å². The summed E-state index contributed by atoms with van der Waals surface area (Å²) in [5.41, 5.74) is 0.326. The molecule has 6 nitrogen and oxygen atoms in total. The van der Waals surface area contributed by atoms with Crippen LogP contribution >= 0.6 is 11.6 Å². The predicted octanol–water partition coefficient (Wildman–Crippen LogP) is 4.90. The van der Waals surface area contributed by atoms with E-state index in [1.54, 1.807) is 0 Å². The molecule has 1 aromatic carbocycles. The van der Waals surface area contributed by atoms with E-state index in [0.717, 1.165) is 42.5 Å². The number of hydrogen-bond donors (Lipinski definition) is 0. The number of rotatable bonds is 5. The fourth-order valence-electron chi connectivity index (χ4n) is 3.53. The highest BCUT2D eigenvalue weighted by atomic mass is 35.5. The van der Waals surface area contributed by atoms with Gasteiger partial charge in [0, 0.05) is 25.0 Å². The quantitative estimate of drug-likeness (QED) is 0.663. The Morgan fingerprint density at radius 1 is 1.32 bits per heavy atom. The number of anilines is 1. The van der Waals surface area contributed by atoms with Crippen LogP contribution in [0.5, 0.6) is 0 Å². The van der Waals surface area contributed by atoms with E-state index < -0.39 is 5.60 Å². The number of carbonyl (C=O) groups excluding carboxylic acids is 1. The van der Waals surface area contributed by atoms with E-state index >= 15 is 0 Å². The van der Waals surface area contributed by atoms with Crippen molar-refractivity contribution in [2.75, 3.05) is 24.5 Å². The fraction of sp³-hybridized carbons (Fsp3) is 0.571. The maximum atomic E-state index is 12.8. The Labute approximate surface area is 171 Å². The summed E-state index contributed by atoms with van der Waals surface area (Å²) in [7, 11) is 0. The SMILES string of the molecule is CCCCN(C(=O)OC(C)(C)C)C1CCN(c2nc(Cl)nc3ccccc23)C1. The third-order valence-corrected chi connectivity index (χ3v) is 5.01. The highest BCUT2D eigenvalue weighted by Gasteiger charge is 2.34. The molecule has 3 rings (SSSR count). The van der Waals surface area contributed by atoms with E-state index in [4.69, 9.17) is 16.3 Å². The number of aromatic nitrogens is 2. The summed E-state index contributed by atoms with van der Waals surface area (Å²) in [6.07, 6.45) is 2.62. The van der Waals surface area contributed by atoms with Gasteiger partial charge < -0.3 is 14.5 Å². The third kappa shape index (κ3) is 4.85. The molecule has 1 aromatic heterocycles. The van der Waals surface area contributed by atoms with Gasteiger partial charge in [-0.15, -0.1) is 0 Å². The second kappa shape index (κ2) is 8.52. The first-order chi connectivity index (χ1) is 13.3. The zero-order valence-electron chi connectivity index (χ0n) is 17.1. The second-order valence-corrected chi connectivity index (χ2v) is 8.59. The molecule has 28 heavy (non-hydrogen) atoms. The summed E-state index contributed by atoms with van der Waals surface area (Å²) in [6, 6.07) is 7.96. The lowest BCUT2D eigenvalue weighted by Crippen LogP contribution is -2.45. The number of amides is 1. The van der Waals surface area contributed by atoms with Gasteiger partial charge in [-0.05, 0) is 57.3 Å². The molecule has 7 heteroatoms. The van der Waals surface area contributed by atoms with E-state index in [0.29, 0.717) is 13.1 Å². The minimum Gasteiger partial charge on any atom is -0.444 e. The summed E-state index contributed by atoms with van der Waals surface area (Å²) >= 11 is 6.16. The summed E-state index contributed by atoms with van der Waals surface area (Å²) in [5, 5.41) is 1.22. The van der Waals surface area contributed by atoms with Crippen LogP contribution in [0.15, 0.2) is 24.3 Å². The summed E-state index contributed by atoms with van der Waals surface area (Å²) < 4.78 is 5.66. The number of fused-ring (bicyclic) bond motifs is 1. The summed E-state index contributed by atoms with van der Waals surface area (Å²) in [4.78, 5) is 25.7. The first-order valence-electron chi connectivity index (χ1n) is 9.95. The third-order valence-electron chi connectivity index (χ3n) is 4.84. The molecule has 1 amide bonds. The van der Waals surface area contributed by atoms with Gasteiger partial charge in [0.1, 0.15) is 11.4 Å². The van der Waals surface area contributed by atoms with Crippen LogP contribution in [0.1, 0.15) is 47.0 Å². The monoisotopic (exact) mass is 404 g/mol. The predicted molar refractivity (Wildman–Crippen MR) is 113 cm³/mol. The van der Waals surface area contributed by atoms with Crippen molar-refractivity contribution in [1.82, 2.24) is 14.9 Å². The zero-order chi connectivity index (χ0) is 20.3. The van der Waals surface area contributed by atoms with Crippen molar-refractivity contribution in [3.8, 4) is 0 Å². The molecular formula is C21H29ClN4O2. The molecule has 0 saturated carbocycles. The van der Waals surface area contributed by atoms with Crippen molar-refractivity contribution in [2.45, 2.75) is 58.6 Å². The molecular weight excluding hydrogens is 376 g/mol. The van der Waals surface area contributed by atoms with Gasteiger partial charge >= 0.3 is 6.09 Å². The van der Waals surface area contributed by atoms with Crippen LogP contribution in [0.2, 0.25) is 5.28 Å². The molecule has 0 aliphatic carbocycles. The Bertz CT molecular complexity index is 837. The number of hydrogen-bond acceptors (Lipinski definition) is 5. The standard InChI is InChI=1S/C21H29ClN4O2/c1-5-6-12-26(20(27)28-21(2,3)4)15-11-13-25(14-15)18-16-9-7-8-10-17(16)23-19(22)24-18/h7-10,15H,5-6,11-14H2,1-4H3. The van der Waals surface area contributed by atoms with Crippen LogP contribution in [0, 0.1) is 0 Å². The van der Waals surface area contributed by atoms with Crippen molar-refractivity contribution < 1.29 is 9.53 Å². The molecule has 0 radical (unpaired) electrons. The molecule has 152 valence electrons. The highest BCUT2D eigenvalue weighted by molar-refractivity contribution is 6.28. The normalized spacial score (nSPS) is 17.2. The van der Waals surface area contributed by atoms with Gasteiger partial charge in [-0.25, -0.2) is 9.78 Å². The van der Waals surface area contributed by atoms with Gasteiger partial charge in [-0.3, -0.25) is 0 Å². The zero-order valence-corrected chi connectivity index (χ0v) is 17.9. The summed E-state index contributed by atoms with van der Waals surface area (Å²) in [5.74, 6) is 0.831. The minimum atomic E-state index is -0.504. The lowest BCUT2D eigenvalue weighted by Gasteiger charge is -2.31. The Balaban J connectivity index is 1.81. The van der Waals surface area contributed by atoms with Crippen molar-refractivity contribution in [2.24, 2.45) is 0 Å². The van der Waals surface area contributed by atoms with Crippen LogP contribution in [-0.2, 0) is 4.74 Å². The van der Waals surface area contributed by atoms with Gasteiger partial charge in [0.25, 0.3) is 0 Å². The number of halogens is 1. The molecule has 1 unspecified atom stereocenters. The Morgan fingerprint density at radius 2 is 2.07 bits per heavy atom. The van der Waals surface area contributed by atoms with Crippen LogP contribution < -0.4 is 4.90 Å². The number of ether oxygens (including phenoxy) is 1. The molecule has 2 heterocycles. The lowest BCUT2D eigenvalue weighted by atomic mass is 10.2. The van der Waals surface area contributed by atoms with Crippen LogP contribution in [0.25, 0.3) is 10.9 Å². The average Bonchev–Trinajstić information content (AvgIpc) is 3.09. The van der Waals surface area contributed by atoms with Gasteiger partial charge in [-0.1, -0.05) is 25.5 Å². The first kappa shape index (κ1) is 20.6. The molecule has 1 saturated heterocycles.